The van der Waals surface area contributed by atoms with Crippen molar-refractivity contribution in [3.05, 3.63) is 58.1 Å². The molecule has 0 radical (unpaired) electrons. The molecule has 124 valence electrons. The van der Waals surface area contributed by atoms with Crippen LogP contribution in [-0.2, 0) is 0 Å². The molecule has 2 aromatic carbocycles. The number of benzene rings is 2. The molecule has 0 aliphatic carbocycles. The number of amides is 1. The van der Waals surface area contributed by atoms with Gasteiger partial charge in [-0.1, -0.05) is 0 Å². The molecule has 24 heavy (non-hydrogen) atoms. The molecule has 0 atom stereocenters. The summed E-state index contributed by atoms with van der Waals surface area (Å²) in [6.45, 7) is 0. The van der Waals surface area contributed by atoms with Crippen LogP contribution in [0.2, 0.25) is 0 Å². The number of rotatable bonds is 4. The van der Waals surface area contributed by atoms with E-state index >= 15 is 0 Å². The van der Waals surface area contributed by atoms with E-state index in [1.165, 1.54) is 19.2 Å². The van der Waals surface area contributed by atoms with Gasteiger partial charge in [-0.05, 0) is 42.5 Å². The molecule has 0 unspecified atom stereocenters. The van der Waals surface area contributed by atoms with Crippen molar-refractivity contribution in [2.75, 3.05) is 12.4 Å². The van der Waals surface area contributed by atoms with Gasteiger partial charge in [0.25, 0.3) is 11.6 Å². The first-order valence-electron chi connectivity index (χ1n) is 6.64. The number of non-ortho nitro benzene ring substituents is 1. The van der Waals surface area contributed by atoms with Gasteiger partial charge in [0.15, 0.2) is 5.11 Å². The van der Waals surface area contributed by atoms with E-state index in [0.717, 1.165) is 6.07 Å². The van der Waals surface area contributed by atoms with E-state index in [1.54, 1.807) is 24.3 Å². The maximum absolute atomic E-state index is 12.0. The van der Waals surface area contributed by atoms with Gasteiger partial charge in [0.1, 0.15) is 11.5 Å². The number of hydrogen-bond donors (Lipinski definition) is 3. The average molecular weight is 347 g/mol. The average Bonchev–Trinajstić information content (AvgIpc) is 2.56. The van der Waals surface area contributed by atoms with Gasteiger partial charge in [0.2, 0.25) is 0 Å². The number of carbonyl (C=O) groups is 1. The number of carbonyl (C=O) groups excluding carboxylic acids is 1. The van der Waals surface area contributed by atoms with Crippen molar-refractivity contribution in [1.29, 1.82) is 0 Å². The van der Waals surface area contributed by atoms with E-state index in [9.17, 15) is 20.0 Å². The van der Waals surface area contributed by atoms with Crippen LogP contribution in [0.3, 0.4) is 0 Å². The number of nitro benzene ring substituents is 1. The summed E-state index contributed by atoms with van der Waals surface area (Å²) in [7, 11) is 1.52. The highest BCUT2D eigenvalue weighted by atomic mass is 32.1. The third kappa shape index (κ3) is 4.17. The fraction of sp³-hybridized carbons (Fsp3) is 0.0667. The summed E-state index contributed by atoms with van der Waals surface area (Å²) in [4.78, 5) is 22.0. The highest BCUT2D eigenvalue weighted by Crippen LogP contribution is 2.27. The van der Waals surface area contributed by atoms with E-state index in [2.05, 4.69) is 10.6 Å². The molecule has 3 N–H and O–H groups in total. The summed E-state index contributed by atoms with van der Waals surface area (Å²) in [5.74, 6) is -0.190. The van der Waals surface area contributed by atoms with Crippen LogP contribution in [0.5, 0.6) is 11.5 Å². The number of aromatic hydroxyl groups is 1. The zero-order valence-electron chi connectivity index (χ0n) is 12.5. The molecule has 0 spiro atoms. The Morgan fingerprint density at radius 1 is 1.25 bits per heavy atom. The normalized spacial score (nSPS) is 9.88. The Balaban J connectivity index is 2.02. The number of phenols is 1. The van der Waals surface area contributed by atoms with Gasteiger partial charge < -0.3 is 15.2 Å². The smallest absolute Gasteiger partial charge is 0.273 e. The quantitative estimate of drug-likeness (QED) is 0.337. The van der Waals surface area contributed by atoms with Crippen LogP contribution in [0.25, 0.3) is 0 Å². The monoisotopic (exact) mass is 347 g/mol. The summed E-state index contributed by atoms with van der Waals surface area (Å²) in [6.07, 6.45) is 0. The molecular weight excluding hydrogens is 334 g/mol. The minimum absolute atomic E-state index is 0.0556. The molecule has 0 saturated heterocycles. The zero-order chi connectivity index (χ0) is 17.7. The summed E-state index contributed by atoms with van der Waals surface area (Å²) >= 11 is 4.99. The van der Waals surface area contributed by atoms with Crippen LogP contribution in [0.4, 0.5) is 11.4 Å². The second-order valence-corrected chi connectivity index (χ2v) is 5.00. The fourth-order valence-electron chi connectivity index (χ4n) is 1.81. The molecule has 0 saturated carbocycles. The Morgan fingerprint density at radius 2 is 1.92 bits per heavy atom. The van der Waals surface area contributed by atoms with Gasteiger partial charge in [-0.3, -0.25) is 20.2 Å². The van der Waals surface area contributed by atoms with Crippen molar-refractivity contribution in [2.24, 2.45) is 0 Å². The largest absolute Gasteiger partial charge is 0.506 e. The number of nitro groups is 1. The Labute approximate surface area is 142 Å². The highest BCUT2D eigenvalue weighted by Gasteiger charge is 2.12. The van der Waals surface area contributed by atoms with Gasteiger partial charge in [-0.2, -0.15) is 0 Å². The molecule has 9 heteroatoms. The van der Waals surface area contributed by atoms with Crippen LogP contribution in [0.1, 0.15) is 10.4 Å². The third-order valence-corrected chi connectivity index (χ3v) is 3.22. The summed E-state index contributed by atoms with van der Waals surface area (Å²) in [6, 6.07) is 9.88. The van der Waals surface area contributed by atoms with Gasteiger partial charge in [0, 0.05) is 11.6 Å². The van der Waals surface area contributed by atoms with Crippen molar-refractivity contribution in [2.45, 2.75) is 0 Å². The number of anilines is 1. The Morgan fingerprint density at radius 3 is 2.46 bits per heavy atom. The lowest BCUT2D eigenvalue weighted by Gasteiger charge is -2.11. The van der Waals surface area contributed by atoms with Gasteiger partial charge in [0.05, 0.1) is 23.8 Å². The Hall–Kier alpha value is -3.20. The third-order valence-electron chi connectivity index (χ3n) is 3.02. The molecular formula is C15H13N3O5S. The van der Waals surface area contributed by atoms with E-state index in [1.807, 2.05) is 0 Å². The lowest BCUT2D eigenvalue weighted by Crippen LogP contribution is -2.34. The molecule has 0 fully saturated rings. The van der Waals surface area contributed by atoms with Crippen molar-refractivity contribution >= 4 is 34.6 Å². The molecule has 0 aliphatic heterocycles. The van der Waals surface area contributed by atoms with Crippen molar-refractivity contribution < 1.29 is 19.6 Å². The van der Waals surface area contributed by atoms with Crippen molar-refractivity contribution in [3.8, 4) is 11.5 Å². The first-order valence-corrected chi connectivity index (χ1v) is 7.05. The van der Waals surface area contributed by atoms with Gasteiger partial charge in [-0.25, -0.2) is 0 Å². The standard InChI is InChI=1S/C15H13N3O5S/c1-23-11-5-2-9(3-6-11)14(20)17-15(24)16-12-7-4-10(18(21)22)8-13(12)19/h2-8,19H,1H3,(H2,16,17,20,24). The van der Waals surface area contributed by atoms with Gasteiger partial charge >= 0.3 is 0 Å². The van der Waals surface area contributed by atoms with Crippen LogP contribution in [0.15, 0.2) is 42.5 Å². The molecule has 0 aliphatic rings. The topological polar surface area (TPSA) is 114 Å². The summed E-state index contributed by atoms with van der Waals surface area (Å²) in [5.41, 5.74) is 0.250. The van der Waals surface area contributed by atoms with E-state index < -0.39 is 10.8 Å². The lowest BCUT2D eigenvalue weighted by molar-refractivity contribution is -0.384. The maximum Gasteiger partial charge on any atom is 0.273 e. The summed E-state index contributed by atoms with van der Waals surface area (Å²) in [5, 5.41) is 25.4. The van der Waals surface area contributed by atoms with Crippen molar-refractivity contribution in [3.63, 3.8) is 0 Å². The number of phenolic OH excluding ortho intramolecular Hbond substituents is 1. The number of nitrogens with one attached hydrogen (secondary N) is 2. The summed E-state index contributed by atoms with van der Waals surface area (Å²) < 4.78 is 5.00. The molecule has 0 heterocycles. The second kappa shape index (κ2) is 7.38. The van der Waals surface area contributed by atoms with Crippen LogP contribution < -0.4 is 15.4 Å². The minimum Gasteiger partial charge on any atom is -0.506 e. The molecule has 0 aromatic heterocycles. The molecule has 1 amide bonds. The predicted octanol–water partition coefficient (Wildman–Crippen LogP) is 2.44. The number of methoxy groups -OCH3 is 1. The number of nitrogens with zero attached hydrogens (tertiary/aromatic N) is 1. The maximum atomic E-state index is 12.0. The number of ether oxygens (including phenoxy) is 1. The SMILES string of the molecule is COc1ccc(C(=O)NC(=S)Nc2ccc([N+](=O)[O-])cc2O)cc1. The number of hydrogen-bond acceptors (Lipinski definition) is 6. The van der Waals surface area contributed by atoms with Gasteiger partial charge in [-0.15, -0.1) is 0 Å². The van der Waals surface area contributed by atoms with E-state index in [0.29, 0.717) is 11.3 Å². The number of thiocarbonyl (C=S) groups is 1. The second-order valence-electron chi connectivity index (χ2n) is 4.60. The Bertz CT molecular complexity index is 792. The van der Waals surface area contributed by atoms with Crippen molar-refractivity contribution in [1.82, 2.24) is 5.32 Å². The Kier molecular flexibility index (Phi) is 5.27. The molecule has 8 nitrogen and oxygen atoms in total. The van der Waals surface area contributed by atoms with Crippen LogP contribution in [0, 0.1) is 10.1 Å². The van der Waals surface area contributed by atoms with Crippen LogP contribution in [-0.4, -0.2) is 28.2 Å². The molecule has 2 aromatic rings. The molecule has 2 rings (SSSR count). The van der Waals surface area contributed by atoms with E-state index in [4.69, 9.17) is 17.0 Å². The zero-order valence-corrected chi connectivity index (χ0v) is 13.3. The predicted molar refractivity (Wildman–Crippen MR) is 91.4 cm³/mol. The fourth-order valence-corrected chi connectivity index (χ4v) is 2.01. The van der Waals surface area contributed by atoms with E-state index in [-0.39, 0.29) is 22.2 Å². The highest BCUT2D eigenvalue weighted by molar-refractivity contribution is 7.80. The lowest BCUT2D eigenvalue weighted by atomic mass is 10.2. The minimum atomic E-state index is -0.632. The molecule has 0 bridgehead atoms. The van der Waals surface area contributed by atoms with Crippen LogP contribution >= 0.6 is 12.2 Å². The first kappa shape index (κ1) is 17.2. The first-order chi connectivity index (χ1) is 11.4.